The van der Waals surface area contributed by atoms with Gasteiger partial charge in [0.15, 0.2) is 0 Å². The van der Waals surface area contributed by atoms with Gasteiger partial charge in [-0.05, 0) is 51.8 Å². The zero-order valence-electron chi connectivity index (χ0n) is 14.2. The first-order valence-electron chi connectivity index (χ1n) is 8.66. The van der Waals surface area contributed by atoms with Crippen LogP contribution in [-0.4, -0.2) is 52.7 Å². The summed E-state index contributed by atoms with van der Waals surface area (Å²) < 4.78 is 0. The van der Waals surface area contributed by atoms with Crippen LogP contribution in [0.4, 0.5) is 0 Å². The number of aliphatic hydroxyl groups excluding tert-OH is 1. The van der Waals surface area contributed by atoms with Crippen molar-refractivity contribution in [2.24, 2.45) is 5.92 Å². The van der Waals surface area contributed by atoms with Crippen LogP contribution >= 0.6 is 0 Å². The summed E-state index contributed by atoms with van der Waals surface area (Å²) in [6, 6.07) is 6.12. The molecule has 2 heterocycles. The van der Waals surface area contributed by atoms with E-state index in [1.54, 1.807) is 6.20 Å². The van der Waals surface area contributed by atoms with Gasteiger partial charge in [-0.1, -0.05) is 12.5 Å². The van der Waals surface area contributed by atoms with Crippen molar-refractivity contribution in [1.29, 1.82) is 0 Å². The van der Waals surface area contributed by atoms with Gasteiger partial charge in [0.25, 0.3) is 0 Å². The minimum absolute atomic E-state index is 0.00457. The molecule has 0 aliphatic carbocycles. The summed E-state index contributed by atoms with van der Waals surface area (Å²) >= 11 is 0. The number of aromatic nitrogens is 1. The Balaban J connectivity index is 1.86. The monoisotopic (exact) mass is 319 g/mol. The molecule has 128 valence electrons. The van der Waals surface area contributed by atoms with Crippen molar-refractivity contribution in [1.82, 2.24) is 15.2 Å². The zero-order valence-corrected chi connectivity index (χ0v) is 14.2. The predicted molar refractivity (Wildman–Crippen MR) is 91.0 cm³/mol. The fraction of sp³-hybridized carbons (Fsp3) is 0.667. The first-order valence-corrected chi connectivity index (χ1v) is 8.66. The van der Waals surface area contributed by atoms with Crippen LogP contribution in [0, 0.1) is 5.92 Å². The molecule has 1 aromatic rings. The second-order valence-electron chi connectivity index (χ2n) is 6.66. The Kier molecular flexibility index (Phi) is 6.99. The molecule has 5 heteroatoms. The lowest BCUT2D eigenvalue weighted by Gasteiger charge is -2.37. The third-order valence-electron chi connectivity index (χ3n) is 4.56. The Labute approximate surface area is 139 Å². The minimum atomic E-state index is -0.0297. The fourth-order valence-corrected chi connectivity index (χ4v) is 3.23. The van der Waals surface area contributed by atoms with Gasteiger partial charge in [-0.25, -0.2) is 0 Å². The van der Waals surface area contributed by atoms with Crippen molar-refractivity contribution in [3.8, 4) is 0 Å². The van der Waals surface area contributed by atoms with Gasteiger partial charge in [0.1, 0.15) is 0 Å². The molecule has 23 heavy (non-hydrogen) atoms. The molecule has 1 amide bonds. The first kappa shape index (κ1) is 17.9. The number of hydrogen-bond donors (Lipinski definition) is 2. The molecule has 0 aromatic carbocycles. The number of nitrogens with one attached hydrogen (secondary N) is 1. The van der Waals surface area contributed by atoms with E-state index in [1.165, 1.54) is 6.42 Å². The van der Waals surface area contributed by atoms with Gasteiger partial charge >= 0.3 is 0 Å². The molecule has 1 aliphatic rings. The summed E-state index contributed by atoms with van der Waals surface area (Å²) in [5.74, 6) is 0.0998. The van der Waals surface area contributed by atoms with Crippen molar-refractivity contribution >= 4 is 5.91 Å². The smallest absolute Gasteiger partial charge is 0.237 e. The van der Waals surface area contributed by atoms with Crippen LogP contribution in [0.1, 0.15) is 38.8 Å². The predicted octanol–water partition coefficient (Wildman–Crippen LogP) is 1.61. The molecular weight excluding hydrogens is 290 g/mol. The molecule has 2 N–H and O–H groups in total. The van der Waals surface area contributed by atoms with E-state index in [1.807, 2.05) is 18.2 Å². The highest BCUT2D eigenvalue weighted by Crippen LogP contribution is 2.19. The van der Waals surface area contributed by atoms with Gasteiger partial charge < -0.3 is 10.4 Å². The maximum Gasteiger partial charge on any atom is 0.237 e. The summed E-state index contributed by atoms with van der Waals surface area (Å²) in [7, 11) is 0. The third-order valence-corrected chi connectivity index (χ3v) is 4.56. The minimum Gasteiger partial charge on any atom is -0.396 e. The SMILES string of the molecule is CC(C)N1CCCCC1C(=O)NCC(CO)Cc1ccccn1. The van der Waals surface area contributed by atoms with E-state index >= 15 is 0 Å². The average molecular weight is 319 g/mol. The second kappa shape index (κ2) is 8.99. The number of hydrogen-bond acceptors (Lipinski definition) is 4. The van der Waals surface area contributed by atoms with Gasteiger partial charge in [-0.2, -0.15) is 0 Å². The Morgan fingerprint density at radius 2 is 2.26 bits per heavy atom. The largest absolute Gasteiger partial charge is 0.396 e. The molecule has 1 saturated heterocycles. The number of piperidine rings is 1. The topological polar surface area (TPSA) is 65.5 Å². The number of carbonyl (C=O) groups excluding carboxylic acids is 1. The Morgan fingerprint density at radius 1 is 1.43 bits per heavy atom. The highest BCUT2D eigenvalue weighted by Gasteiger charge is 2.30. The molecule has 2 unspecified atom stereocenters. The molecule has 2 rings (SSSR count). The van der Waals surface area contributed by atoms with Crippen molar-refractivity contribution in [3.63, 3.8) is 0 Å². The van der Waals surface area contributed by atoms with E-state index < -0.39 is 0 Å². The normalized spacial score (nSPS) is 20.4. The summed E-state index contributed by atoms with van der Waals surface area (Å²) in [5.41, 5.74) is 0.947. The van der Waals surface area contributed by atoms with Crippen LogP contribution in [0.25, 0.3) is 0 Å². The number of pyridine rings is 1. The molecule has 1 fully saturated rings. The van der Waals surface area contributed by atoms with E-state index in [2.05, 4.69) is 29.0 Å². The lowest BCUT2D eigenvalue weighted by molar-refractivity contribution is -0.128. The molecule has 0 spiro atoms. The van der Waals surface area contributed by atoms with Gasteiger partial charge in [0.2, 0.25) is 5.91 Å². The molecule has 0 radical (unpaired) electrons. The first-order chi connectivity index (χ1) is 11.1. The van der Waals surface area contributed by atoms with Crippen molar-refractivity contribution in [2.75, 3.05) is 19.7 Å². The molecule has 1 aromatic heterocycles. The number of carbonyl (C=O) groups is 1. The van der Waals surface area contributed by atoms with Crippen molar-refractivity contribution in [3.05, 3.63) is 30.1 Å². The van der Waals surface area contributed by atoms with Crippen LogP contribution < -0.4 is 5.32 Å². The summed E-state index contributed by atoms with van der Waals surface area (Å²) in [6.07, 6.45) is 5.63. The zero-order chi connectivity index (χ0) is 16.7. The Bertz CT molecular complexity index is 478. The van der Waals surface area contributed by atoms with Crippen LogP contribution in [0.5, 0.6) is 0 Å². The van der Waals surface area contributed by atoms with Gasteiger partial charge in [-0.3, -0.25) is 14.7 Å². The number of likely N-dealkylation sites (tertiary alicyclic amines) is 1. The van der Waals surface area contributed by atoms with E-state index in [0.717, 1.165) is 25.1 Å². The van der Waals surface area contributed by atoms with Crippen molar-refractivity contribution < 1.29 is 9.90 Å². The Morgan fingerprint density at radius 3 is 2.91 bits per heavy atom. The number of nitrogens with zero attached hydrogens (tertiary/aromatic N) is 2. The summed E-state index contributed by atoms with van der Waals surface area (Å²) in [6.45, 7) is 5.82. The Hall–Kier alpha value is -1.46. The van der Waals surface area contributed by atoms with Gasteiger partial charge in [-0.15, -0.1) is 0 Å². The maximum atomic E-state index is 12.5. The van der Waals surface area contributed by atoms with Crippen LogP contribution in [0.3, 0.4) is 0 Å². The second-order valence-corrected chi connectivity index (χ2v) is 6.66. The maximum absolute atomic E-state index is 12.5. The van der Waals surface area contributed by atoms with Crippen LogP contribution in [-0.2, 0) is 11.2 Å². The van der Waals surface area contributed by atoms with E-state index in [4.69, 9.17) is 0 Å². The average Bonchev–Trinajstić information content (AvgIpc) is 2.59. The standard InChI is InChI=1S/C18H29N3O2/c1-14(2)21-10-6-4-8-17(21)18(23)20-12-15(13-22)11-16-7-3-5-9-19-16/h3,5,7,9,14-15,17,22H,4,6,8,10-13H2,1-2H3,(H,20,23). The third kappa shape index (κ3) is 5.29. The molecule has 0 bridgehead atoms. The van der Waals surface area contributed by atoms with E-state index in [0.29, 0.717) is 19.0 Å². The van der Waals surface area contributed by atoms with E-state index in [-0.39, 0.29) is 24.5 Å². The van der Waals surface area contributed by atoms with Gasteiger partial charge in [0.05, 0.1) is 6.04 Å². The lowest BCUT2D eigenvalue weighted by atomic mass is 9.99. The molecule has 2 atom stereocenters. The quantitative estimate of drug-likeness (QED) is 0.801. The highest BCUT2D eigenvalue weighted by atomic mass is 16.3. The fourth-order valence-electron chi connectivity index (χ4n) is 3.23. The van der Waals surface area contributed by atoms with Crippen LogP contribution in [0.15, 0.2) is 24.4 Å². The summed E-state index contributed by atoms with van der Waals surface area (Å²) in [5, 5.41) is 12.6. The number of aliphatic hydroxyl groups is 1. The summed E-state index contributed by atoms with van der Waals surface area (Å²) in [4.78, 5) is 19.1. The lowest BCUT2D eigenvalue weighted by Crippen LogP contribution is -2.52. The molecular formula is C18H29N3O2. The van der Waals surface area contributed by atoms with Crippen LogP contribution in [0.2, 0.25) is 0 Å². The van der Waals surface area contributed by atoms with Crippen molar-refractivity contribution in [2.45, 2.75) is 51.6 Å². The molecule has 1 aliphatic heterocycles. The highest BCUT2D eigenvalue weighted by molar-refractivity contribution is 5.81. The van der Waals surface area contributed by atoms with E-state index in [9.17, 15) is 9.90 Å². The number of amides is 1. The molecule has 5 nitrogen and oxygen atoms in total. The van der Waals surface area contributed by atoms with Gasteiger partial charge in [0, 0.05) is 37.0 Å². The molecule has 0 saturated carbocycles. The number of rotatable bonds is 7.